The number of thioether (sulfide) groups is 1. The first-order valence-electron chi connectivity index (χ1n) is 12.0. The summed E-state index contributed by atoms with van der Waals surface area (Å²) >= 11 is 3.76. The Bertz CT molecular complexity index is 1390. The summed E-state index contributed by atoms with van der Waals surface area (Å²) in [4.78, 5) is 53.6. The number of fused-ring (bicyclic) bond motifs is 1. The van der Waals surface area contributed by atoms with Crippen LogP contribution in [0.25, 0.3) is 0 Å². The Hall–Kier alpha value is -3.41. The number of nitrogens with one attached hydrogen (secondary N) is 1. The van der Waals surface area contributed by atoms with Crippen molar-refractivity contribution in [3.8, 4) is 0 Å². The molecule has 2 aliphatic rings. The lowest BCUT2D eigenvalue weighted by atomic mass is 10.0. The van der Waals surface area contributed by atoms with E-state index in [-0.39, 0.29) is 22.4 Å². The molecular weight excluding hydrogens is 584 g/mol. The highest BCUT2D eigenvalue weighted by atomic mass is 32.2. The van der Waals surface area contributed by atoms with Gasteiger partial charge in [0.2, 0.25) is 11.5 Å². The van der Waals surface area contributed by atoms with Crippen LogP contribution in [0.4, 0.5) is 9.52 Å². The molecule has 2 aliphatic heterocycles. The van der Waals surface area contributed by atoms with E-state index in [0.29, 0.717) is 22.4 Å². The summed E-state index contributed by atoms with van der Waals surface area (Å²) < 4.78 is 17.0. The van der Waals surface area contributed by atoms with Crippen molar-refractivity contribution < 1.29 is 33.2 Å². The molecule has 13 nitrogen and oxygen atoms in total. The monoisotopic (exact) mass is 611 g/mol. The second-order valence-electron chi connectivity index (χ2n) is 9.50. The number of carboxylic acid groups (broad SMARTS) is 1. The first-order chi connectivity index (χ1) is 19.0. The average molecular weight is 612 g/mol. The first-order valence-corrected chi connectivity index (χ1v) is 14.7. The van der Waals surface area contributed by atoms with Gasteiger partial charge in [0, 0.05) is 17.3 Å². The summed E-state index contributed by atoms with van der Waals surface area (Å²) in [5.41, 5.74) is 8.43. The maximum atomic E-state index is 13.1. The summed E-state index contributed by atoms with van der Waals surface area (Å²) in [6, 6.07) is -1.02. The molecule has 0 saturated carbocycles. The number of carbonyl (C=O) groups is 3. The van der Waals surface area contributed by atoms with Gasteiger partial charge in [0.05, 0.1) is 36.7 Å². The lowest BCUT2D eigenvalue weighted by molar-refractivity contribution is -0.897. The minimum Gasteiger partial charge on any atom is -0.477 e. The van der Waals surface area contributed by atoms with E-state index < -0.39 is 42.5 Å². The molecule has 2 atom stereocenters. The van der Waals surface area contributed by atoms with Crippen LogP contribution in [0.15, 0.2) is 34.1 Å². The molecule has 0 bridgehead atoms. The van der Waals surface area contributed by atoms with Gasteiger partial charge in [0.25, 0.3) is 11.8 Å². The molecule has 2 amide bonds. The van der Waals surface area contributed by atoms with Gasteiger partial charge in [-0.05, 0) is 18.6 Å². The summed E-state index contributed by atoms with van der Waals surface area (Å²) in [6.45, 7) is 2.16. The number of thiazole rings is 1. The largest absolute Gasteiger partial charge is 0.477 e. The van der Waals surface area contributed by atoms with Crippen LogP contribution in [0.2, 0.25) is 0 Å². The zero-order valence-electron chi connectivity index (χ0n) is 21.9. The van der Waals surface area contributed by atoms with E-state index in [1.165, 1.54) is 21.5 Å². The quantitative estimate of drug-likeness (QED) is 0.104. The summed E-state index contributed by atoms with van der Waals surface area (Å²) in [5, 5.41) is 15.6. The van der Waals surface area contributed by atoms with Crippen LogP contribution in [0.5, 0.6) is 0 Å². The number of aliphatic carboxylic acids is 1. The Morgan fingerprint density at radius 1 is 1.43 bits per heavy atom. The van der Waals surface area contributed by atoms with Crippen LogP contribution in [0, 0.1) is 6.92 Å². The van der Waals surface area contributed by atoms with E-state index in [9.17, 15) is 23.9 Å². The zero-order valence-corrected chi connectivity index (χ0v) is 24.3. The average Bonchev–Trinajstić information content (AvgIpc) is 3.51. The summed E-state index contributed by atoms with van der Waals surface area (Å²) in [6.07, 6.45) is 3.66. The Morgan fingerprint density at radius 2 is 2.20 bits per heavy atom. The number of oxime groups is 1. The van der Waals surface area contributed by atoms with Crippen LogP contribution in [-0.2, 0) is 25.8 Å². The number of nitrogens with two attached hydrogens (primary N) is 1. The number of nitrogen functional groups attached to an aromatic ring is 1. The van der Waals surface area contributed by atoms with Crippen LogP contribution < -0.4 is 11.1 Å². The topological polar surface area (TPSA) is 173 Å². The number of aryl methyl sites for hydroxylation is 1. The van der Waals surface area contributed by atoms with Crippen molar-refractivity contribution in [2.75, 3.05) is 45.4 Å². The number of allylic oxidation sites excluding steroid dienone is 1. The van der Waals surface area contributed by atoms with Crippen LogP contribution in [-0.4, -0.2) is 103 Å². The number of hydrogen-bond donors (Lipinski definition) is 3. The number of hydrogen-bond acceptors (Lipinski definition) is 12. The number of carboxylic acids is 1. The van der Waals surface area contributed by atoms with E-state index in [0.717, 1.165) is 23.8 Å². The van der Waals surface area contributed by atoms with Gasteiger partial charge in [0.1, 0.15) is 36.9 Å². The number of anilines is 1. The number of rotatable bonds is 12. The highest BCUT2D eigenvalue weighted by Crippen LogP contribution is 2.40. The van der Waals surface area contributed by atoms with Crippen molar-refractivity contribution in [3.63, 3.8) is 0 Å². The molecular formula is C23H28FN8O5S3+. The van der Waals surface area contributed by atoms with E-state index in [4.69, 9.17) is 10.6 Å². The van der Waals surface area contributed by atoms with Gasteiger partial charge >= 0.3 is 5.97 Å². The fraction of sp³-hybridized carbons (Fsp3) is 0.435. The molecule has 4 rings (SSSR count). The number of amides is 2. The first kappa shape index (κ1) is 29.6. The van der Waals surface area contributed by atoms with Gasteiger partial charge in [-0.2, -0.15) is 9.36 Å². The van der Waals surface area contributed by atoms with Crippen LogP contribution in [0.1, 0.15) is 16.4 Å². The molecule has 0 radical (unpaired) electrons. The maximum absolute atomic E-state index is 13.1. The molecule has 0 aliphatic carbocycles. The van der Waals surface area contributed by atoms with Crippen LogP contribution >= 0.6 is 34.6 Å². The Balaban J connectivity index is 1.46. The predicted octanol–water partition coefficient (Wildman–Crippen LogP) is 1.15. The van der Waals surface area contributed by atoms with Gasteiger partial charge in [0.15, 0.2) is 5.13 Å². The normalized spacial score (nSPS) is 19.6. The van der Waals surface area contributed by atoms with Crippen molar-refractivity contribution >= 4 is 63.3 Å². The molecule has 4 heterocycles. The second kappa shape index (κ2) is 12.4. The minimum atomic E-state index is -1.24. The van der Waals surface area contributed by atoms with Crippen molar-refractivity contribution in [3.05, 3.63) is 45.3 Å². The molecule has 1 fully saturated rings. The van der Waals surface area contributed by atoms with Crippen molar-refractivity contribution in [2.24, 2.45) is 5.16 Å². The molecule has 0 spiro atoms. The highest BCUT2D eigenvalue weighted by molar-refractivity contribution is 8.00. The molecule has 214 valence electrons. The van der Waals surface area contributed by atoms with E-state index in [1.807, 2.05) is 18.5 Å². The van der Waals surface area contributed by atoms with Gasteiger partial charge in [-0.1, -0.05) is 11.2 Å². The van der Waals surface area contributed by atoms with Gasteiger partial charge in [-0.3, -0.25) is 14.5 Å². The minimum absolute atomic E-state index is 0.0763. The molecule has 4 N–H and O–H groups in total. The number of alkyl halides is 1. The lowest BCUT2D eigenvalue weighted by Crippen LogP contribution is -2.71. The summed E-state index contributed by atoms with van der Waals surface area (Å²) in [7, 11) is 4.15. The number of halogens is 1. The molecule has 0 unspecified atom stereocenters. The number of β-lactam (4-membered cyclic amide) rings is 1. The third-order valence-corrected chi connectivity index (χ3v) is 8.78. The fourth-order valence-electron chi connectivity index (χ4n) is 4.05. The number of quaternary nitrogens is 1. The van der Waals surface area contributed by atoms with E-state index in [1.54, 1.807) is 17.4 Å². The van der Waals surface area contributed by atoms with Gasteiger partial charge in [-0.25, -0.2) is 14.2 Å². The molecule has 0 aromatic carbocycles. The highest BCUT2D eigenvalue weighted by Gasteiger charge is 2.54. The standard InChI is InChI=1S/C23H27FN8O5S3/c1-12-14(39-11-26-12)9-32(2,3)7-4-5-13-10-38-21-16(20(34)31(21)17(13)22(35)36)27-19(33)15(29-37-8-6-24)18-28-23(25)40-30-18/h4-5,11,16,21H,6-10H2,1-3H3,(H3-,25,27,28,30,33,35,36)/p+1/b5-4+,29-15-/t16-,21-/m1/s1. The third-order valence-electron chi connectivity index (χ3n) is 6.02. The predicted molar refractivity (Wildman–Crippen MR) is 149 cm³/mol. The van der Waals surface area contributed by atoms with Gasteiger partial charge in [-0.15, -0.1) is 23.1 Å². The molecule has 1 saturated heterocycles. The zero-order chi connectivity index (χ0) is 29.0. The third kappa shape index (κ3) is 6.48. The van der Waals surface area contributed by atoms with Crippen molar-refractivity contribution in [1.29, 1.82) is 0 Å². The molecule has 17 heteroatoms. The number of aromatic nitrogens is 3. The maximum Gasteiger partial charge on any atom is 0.352 e. The van der Waals surface area contributed by atoms with Crippen LogP contribution in [0.3, 0.4) is 0 Å². The Morgan fingerprint density at radius 3 is 2.83 bits per heavy atom. The number of nitrogens with zero attached hydrogens (tertiary/aromatic N) is 6. The fourth-order valence-corrected chi connectivity index (χ4v) is 6.79. The lowest BCUT2D eigenvalue weighted by Gasteiger charge is -2.49. The van der Waals surface area contributed by atoms with E-state index >= 15 is 0 Å². The smallest absolute Gasteiger partial charge is 0.352 e. The molecule has 40 heavy (non-hydrogen) atoms. The second-order valence-corrected chi connectivity index (χ2v) is 12.3. The Kier molecular flexibility index (Phi) is 9.17. The van der Waals surface area contributed by atoms with Gasteiger partial charge < -0.3 is 25.5 Å². The number of likely N-dealkylation sites (N-methyl/N-ethyl adjacent to an activating group) is 1. The van der Waals surface area contributed by atoms with E-state index in [2.05, 4.69) is 38.9 Å². The SMILES string of the molecule is Cc1ncsc1C[N+](C)(C)C/C=C/C1=C(C(=O)O)N2C(=O)[C@@H](NC(=O)/C(=N\OCCF)c3nsc(N)n3)[C@H]2SC1. The summed E-state index contributed by atoms with van der Waals surface area (Å²) in [5.74, 6) is -2.46. The van der Waals surface area contributed by atoms with Crippen molar-refractivity contribution in [1.82, 2.24) is 24.6 Å². The Labute approximate surface area is 241 Å². The molecule has 2 aromatic heterocycles. The molecule has 2 aromatic rings. The van der Waals surface area contributed by atoms with Crippen molar-refractivity contribution in [2.45, 2.75) is 24.9 Å². The number of carbonyl (C=O) groups excluding carboxylic acids is 2.